The number of carbonyl (C=O) groups is 2. The van der Waals surface area contributed by atoms with Gasteiger partial charge in [-0.25, -0.2) is 4.79 Å². The molecule has 0 fully saturated rings. The van der Waals surface area contributed by atoms with E-state index in [9.17, 15) is 9.59 Å². The Labute approximate surface area is 212 Å². The highest BCUT2D eigenvalue weighted by Crippen LogP contribution is 2.27. The van der Waals surface area contributed by atoms with Gasteiger partial charge in [-0.15, -0.1) is 0 Å². The summed E-state index contributed by atoms with van der Waals surface area (Å²) < 4.78 is 5.43. The minimum Gasteiger partial charge on any atom is -0.449 e. The van der Waals surface area contributed by atoms with Gasteiger partial charge in [-0.1, -0.05) is 38.1 Å². The number of primary amides is 1. The number of amides is 2. The third-order valence-corrected chi connectivity index (χ3v) is 6.07. The normalized spacial score (nSPS) is 11.3. The molecule has 0 aliphatic carbocycles. The van der Waals surface area contributed by atoms with Gasteiger partial charge in [0, 0.05) is 29.4 Å². The largest absolute Gasteiger partial charge is 0.449 e. The Morgan fingerprint density at radius 2 is 1.67 bits per heavy atom. The molecule has 1 atom stereocenters. The number of nitrogens with zero attached hydrogens (tertiary/aromatic N) is 1. The van der Waals surface area contributed by atoms with E-state index in [1.807, 2.05) is 18.2 Å². The molecule has 0 aromatic heterocycles. The van der Waals surface area contributed by atoms with Gasteiger partial charge < -0.3 is 15.8 Å². The molecular weight excluding hydrogens is 452 g/mol. The molecule has 1 unspecified atom stereocenters. The number of ether oxygens (including phenoxy) is 1. The molecule has 0 heterocycles. The Hall–Kier alpha value is -4.31. The van der Waals surface area contributed by atoms with Crippen LogP contribution in [0.2, 0.25) is 0 Å². The van der Waals surface area contributed by atoms with Gasteiger partial charge in [-0.2, -0.15) is 5.26 Å². The van der Waals surface area contributed by atoms with Crippen LogP contribution in [0, 0.1) is 11.3 Å². The summed E-state index contributed by atoms with van der Waals surface area (Å²) in [6, 6.07) is 20.3. The minimum atomic E-state index is -0.547. The summed E-state index contributed by atoms with van der Waals surface area (Å²) in [5.74, 6) is -0.455. The molecule has 7 nitrogen and oxygen atoms in total. The van der Waals surface area contributed by atoms with E-state index in [-0.39, 0.29) is 12.6 Å². The second-order valence-corrected chi connectivity index (χ2v) is 8.54. The summed E-state index contributed by atoms with van der Waals surface area (Å²) in [6.07, 6.45) is 1.77. The van der Waals surface area contributed by atoms with Gasteiger partial charge in [-0.05, 0) is 78.4 Å². The van der Waals surface area contributed by atoms with Crippen LogP contribution in [-0.4, -0.2) is 18.6 Å². The SMILES string of the molecule is CCc1cc(C(C)Nc2cccc(C(N)=O)c2)cc(CC)c1CCOC(=O)Nc1cccc(C#N)c1. The summed E-state index contributed by atoms with van der Waals surface area (Å²) in [4.78, 5) is 23.7. The second-order valence-electron chi connectivity index (χ2n) is 8.54. The van der Waals surface area contributed by atoms with Crippen molar-refractivity contribution in [2.24, 2.45) is 5.73 Å². The van der Waals surface area contributed by atoms with Crippen LogP contribution in [-0.2, 0) is 24.0 Å². The minimum absolute atomic E-state index is 0.0176. The van der Waals surface area contributed by atoms with E-state index in [1.54, 1.807) is 36.4 Å². The lowest BCUT2D eigenvalue weighted by molar-refractivity contribution is 0.1000. The Morgan fingerprint density at radius 1 is 1.00 bits per heavy atom. The van der Waals surface area contributed by atoms with Gasteiger partial charge in [0.05, 0.1) is 18.2 Å². The van der Waals surface area contributed by atoms with Crippen molar-refractivity contribution in [2.75, 3.05) is 17.2 Å². The molecule has 186 valence electrons. The number of nitrogens with two attached hydrogens (primary N) is 1. The van der Waals surface area contributed by atoms with E-state index in [1.165, 1.54) is 16.7 Å². The first-order valence-electron chi connectivity index (χ1n) is 12.1. The van der Waals surface area contributed by atoms with Crippen LogP contribution < -0.4 is 16.4 Å². The van der Waals surface area contributed by atoms with E-state index in [4.69, 9.17) is 15.7 Å². The van der Waals surface area contributed by atoms with Crippen LogP contribution in [0.4, 0.5) is 16.2 Å². The maximum Gasteiger partial charge on any atom is 0.411 e. The summed E-state index contributed by atoms with van der Waals surface area (Å²) in [5.41, 5.74) is 12.5. The molecule has 3 aromatic carbocycles. The smallest absolute Gasteiger partial charge is 0.411 e. The van der Waals surface area contributed by atoms with Gasteiger partial charge in [0.25, 0.3) is 0 Å². The van der Waals surface area contributed by atoms with Crippen molar-refractivity contribution >= 4 is 23.4 Å². The Balaban J connectivity index is 1.68. The summed E-state index contributed by atoms with van der Waals surface area (Å²) in [6.45, 7) is 6.56. The molecule has 2 amide bonds. The summed E-state index contributed by atoms with van der Waals surface area (Å²) >= 11 is 0. The van der Waals surface area contributed by atoms with E-state index >= 15 is 0 Å². The van der Waals surface area contributed by atoms with E-state index in [0.29, 0.717) is 23.2 Å². The fourth-order valence-electron chi connectivity index (χ4n) is 4.19. The van der Waals surface area contributed by atoms with Crippen molar-refractivity contribution < 1.29 is 14.3 Å². The Kier molecular flexibility index (Phi) is 9.07. The molecule has 0 radical (unpaired) electrons. The quantitative estimate of drug-likeness (QED) is 0.339. The van der Waals surface area contributed by atoms with Crippen molar-refractivity contribution in [2.45, 2.75) is 46.1 Å². The van der Waals surface area contributed by atoms with Crippen molar-refractivity contribution in [3.8, 4) is 6.07 Å². The number of carbonyl (C=O) groups excluding carboxylic acids is 2. The highest BCUT2D eigenvalue weighted by atomic mass is 16.5. The summed E-state index contributed by atoms with van der Waals surface area (Å²) in [7, 11) is 0. The van der Waals surface area contributed by atoms with Crippen molar-refractivity contribution in [3.63, 3.8) is 0 Å². The van der Waals surface area contributed by atoms with Crippen LogP contribution in [0.1, 0.15) is 65.0 Å². The average molecular weight is 485 g/mol. The third-order valence-electron chi connectivity index (χ3n) is 6.07. The van der Waals surface area contributed by atoms with Crippen LogP contribution in [0.25, 0.3) is 0 Å². The zero-order chi connectivity index (χ0) is 26.1. The maximum atomic E-state index is 12.2. The first-order chi connectivity index (χ1) is 17.3. The van der Waals surface area contributed by atoms with Crippen LogP contribution in [0.5, 0.6) is 0 Å². The topological polar surface area (TPSA) is 117 Å². The fourth-order valence-corrected chi connectivity index (χ4v) is 4.19. The summed E-state index contributed by atoms with van der Waals surface area (Å²) in [5, 5.41) is 15.1. The number of hydrogen-bond donors (Lipinski definition) is 3. The van der Waals surface area contributed by atoms with E-state index in [2.05, 4.69) is 43.5 Å². The number of nitrogens with one attached hydrogen (secondary N) is 2. The van der Waals surface area contributed by atoms with Crippen molar-refractivity contribution in [3.05, 3.63) is 94.0 Å². The molecule has 0 bridgehead atoms. The van der Waals surface area contributed by atoms with Gasteiger partial charge in [-0.3, -0.25) is 10.1 Å². The average Bonchev–Trinajstić information content (AvgIpc) is 2.88. The monoisotopic (exact) mass is 484 g/mol. The molecular formula is C29H32N4O3. The highest BCUT2D eigenvalue weighted by molar-refractivity contribution is 5.93. The molecule has 0 aliphatic rings. The first kappa shape index (κ1) is 26.3. The van der Waals surface area contributed by atoms with Crippen LogP contribution in [0.3, 0.4) is 0 Å². The molecule has 7 heteroatoms. The predicted octanol–water partition coefficient (Wildman–Crippen LogP) is 5.75. The van der Waals surface area contributed by atoms with Crippen LogP contribution in [0.15, 0.2) is 60.7 Å². The Morgan fingerprint density at radius 3 is 2.31 bits per heavy atom. The van der Waals surface area contributed by atoms with Gasteiger partial charge >= 0.3 is 6.09 Å². The lowest BCUT2D eigenvalue weighted by Crippen LogP contribution is -2.16. The lowest BCUT2D eigenvalue weighted by Gasteiger charge is -2.21. The number of anilines is 2. The van der Waals surface area contributed by atoms with Gasteiger partial charge in [0.2, 0.25) is 5.91 Å². The molecule has 0 spiro atoms. The standard InChI is InChI=1S/C29H32N4O3/c1-4-21-15-24(19(3)32-26-11-7-9-23(17-26)28(31)34)16-22(5-2)27(21)12-13-36-29(35)33-25-10-6-8-20(14-25)18-30/h6-11,14-17,19,32H,4-5,12-13H2,1-3H3,(H2,31,34)(H,33,35). The van der Waals surface area contributed by atoms with E-state index in [0.717, 1.165) is 24.1 Å². The molecule has 0 saturated carbocycles. The predicted molar refractivity (Wildman–Crippen MR) is 142 cm³/mol. The number of benzene rings is 3. The fraction of sp³-hybridized carbons (Fsp3) is 0.276. The first-order valence-corrected chi connectivity index (χ1v) is 12.1. The number of aryl methyl sites for hydroxylation is 2. The van der Waals surface area contributed by atoms with Crippen molar-refractivity contribution in [1.82, 2.24) is 0 Å². The molecule has 3 rings (SSSR count). The lowest BCUT2D eigenvalue weighted by atomic mass is 9.90. The number of hydrogen-bond acceptors (Lipinski definition) is 5. The highest BCUT2D eigenvalue weighted by Gasteiger charge is 2.14. The Bertz CT molecular complexity index is 1250. The molecule has 4 N–H and O–H groups in total. The van der Waals surface area contributed by atoms with Crippen molar-refractivity contribution in [1.29, 1.82) is 5.26 Å². The zero-order valence-corrected chi connectivity index (χ0v) is 20.9. The second kappa shape index (κ2) is 12.4. The van der Waals surface area contributed by atoms with Gasteiger partial charge in [0.15, 0.2) is 0 Å². The molecule has 36 heavy (non-hydrogen) atoms. The maximum absolute atomic E-state index is 12.2. The number of rotatable bonds is 10. The molecule has 0 saturated heterocycles. The van der Waals surface area contributed by atoms with Crippen LogP contribution >= 0.6 is 0 Å². The molecule has 3 aromatic rings. The number of nitriles is 1. The van der Waals surface area contributed by atoms with Gasteiger partial charge in [0.1, 0.15) is 0 Å². The third kappa shape index (κ3) is 6.86. The zero-order valence-electron chi connectivity index (χ0n) is 20.9. The molecule has 0 aliphatic heterocycles. The van der Waals surface area contributed by atoms with E-state index < -0.39 is 12.0 Å².